The number of aromatic carboxylic acids is 1. The van der Waals surface area contributed by atoms with Gasteiger partial charge in [-0.2, -0.15) is 0 Å². The highest BCUT2D eigenvalue weighted by molar-refractivity contribution is 5.94. The molecule has 0 amide bonds. The van der Waals surface area contributed by atoms with Gasteiger partial charge >= 0.3 is 5.97 Å². The van der Waals surface area contributed by atoms with E-state index in [9.17, 15) is 9.90 Å². The van der Waals surface area contributed by atoms with Gasteiger partial charge in [-0.1, -0.05) is 18.2 Å². The molecule has 0 saturated heterocycles. The van der Waals surface area contributed by atoms with Gasteiger partial charge in [0.05, 0.1) is 0 Å². The maximum absolute atomic E-state index is 11.3. The van der Waals surface area contributed by atoms with Crippen molar-refractivity contribution in [1.82, 2.24) is 9.55 Å². The number of pyridine rings is 1. The van der Waals surface area contributed by atoms with E-state index in [-0.39, 0.29) is 0 Å². The summed E-state index contributed by atoms with van der Waals surface area (Å²) in [6, 6.07) is 13.2. The van der Waals surface area contributed by atoms with Gasteiger partial charge in [-0.15, -0.1) is 0 Å². The van der Waals surface area contributed by atoms with E-state index in [1.807, 2.05) is 41.0 Å². The van der Waals surface area contributed by atoms with Crippen LogP contribution in [0.1, 0.15) is 16.1 Å². The third kappa shape index (κ3) is 2.08. The first kappa shape index (κ1) is 11.5. The summed E-state index contributed by atoms with van der Waals surface area (Å²) in [5, 5.41) is 10.3. The van der Waals surface area contributed by atoms with Crippen LogP contribution >= 0.6 is 0 Å². The van der Waals surface area contributed by atoms with E-state index >= 15 is 0 Å². The van der Waals surface area contributed by atoms with Gasteiger partial charge in [-0.25, -0.2) is 4.79 Å². The van der Waals surface area contributed by atoms with E-state index in [1.165, 1.54) is 0 Å². The largest absolute Gasteiger partial charge is 0.477 e. The van der Waals surface area contributed by atoms with Crippen LogP contribution in [-0.2, 0) is 6.54 Å². The summed E-state index contributed by atoms with van der Waals surface area (Å²) in [4.78, 5) is 15.3. The van der Waals surface area contributed by atoms with Gasteiger partial charge < -0.3 is 9.67 Å². The van der Waals surface area contributed by atoms with Crippen LogP contribution in [-0.4, -0.2) is 20.6 Å². The Hall–Kier alpha value is -2.62. The minimum absolute atomic E-state index is 0.304. The molecule has 0 aliphatic rings. The minimum atomic E-state index is -0.912. The van der Waals surface area contributed by atoms with E-state index in [4.69, 9.17) is 0 Å². The topological polar surface area (TPSA) is 55.1 Å². The number of para-hydroxylation sites is 1. The first-order chi connectivity index (χ1) is 9.25. The van der Waals surface area contributed by atoms with Crippen molar-refractivity contribution in [3.63, 3.8) is 0 Å². The van der Waals surface area contributed by atoms with Crippen molar-refractivity contribution in [1.29, 1.82) is 0 Å². The maximum Gasteiger partial charge on any atom is 0.352 e. The van der Waals surface area contributed by atoms with Crippen LogP contribution in [0, 0.1) is 0 Å². The first-order valence-electron chi connectivity index (χ1n) is 5.96. The molecule has 2 heterocycles. The summed E-state index contributed by atoms with van der Waals surface area (Å²) in [6.45, 7) is 0.525. The van der Waals surface area contributed by atoms with Gasteiger partial charge in [0.25, 0.3) is 0 Å². The van der Waals surface area contributed by atoms with Gasteiger partial charge in [0.1, 0.15) is 5.69 Å². The molecule has 0 aliphatic heterocycles. The molecule has 0 fully saturated rings. The highest BCUT2D eigenvalue weighted by atomic mass is 16.4. The lowest BCUT2D eigenvalue weighted by Crippen LogP contribution is -2.09. The number of carbonyl (C=O) groups is 1. The Morgan fingerprint density at radius 3 is 2.63 bits per heavy atom. The van der Waals surface area contributed by atoms with E-state index in [0.29, 0.717) is 12.2 Å². The SMILES string of the molecule is O=C(O)c1cc2ccccc2n1Cc1ccncc1. The number of hydrogen-bond acceptors (Lipinski definition) is 2. The number of carboxylic acids is 1. The molecule has 3 aromatic rings. The zero-order chi connectivity index (χ0) is 13.2. The van der Waals surface area contributed by atoms with Crippen LogP contribution in [0.2, 0.25) is 0 Å². The van der Waals surface area contributed by atoms with Gasteiger partial charge in [0.2, 0.25) is 0 Å². The Bertz CT molecular complexity index is 732. The summed E-state index contributed by atoms with van der Waals surface area (Å²) in [6.07, 6.45) is 3.42. The van der Waals surface area contributed by atoms with Gasteiger partial charge in [0, 0.05) is 29.8 Å². The molecule has 4 nitrogen and oxygen atoms in total. The molecule has 2 aromatic heterocycles. The Morgan fingerprint density at radius 2 is 1.89 bits per heavy atom. The van der Waals surface area contributed by atoms with Gasteiger partial charge in [-0.05, 0) is 29.8 Å². The molecule has 94 valence electrons. The van der Waals surface area contributed by atoms with Crippen LogP contribution in [0.4, 0.5) is 0 Å². The normalized spacial score (nSPS) is 10.7. The number of aromatic nitrogens is 2. The summed E-state index contributed by atoms with van der Waals surface area (Å²) >= 11 is 0. The van der Waals surface area contributed by atoms with Crippen LogP contribution in [0.5, 0.6) is 0 Å². The predicted molar refractivity (Wildman–Crippen MR) is 72.2 cm³/mol. The lowest BCUT2D eigenvalue weighted by Gasteiger charge is -2.08. The molecule has 0 bridgehead atoms. The Balaban J connectivity index is 2.15. The van der Waals surface area contributed by atoms with Crippen LogP contribution in [0.3, 0.4) is 0 Å². The highest BCUT2D eigenvalue weighted by Gasteiger charge is 2.14. The van der Waals surface area contributed by atoms with E-state index in [2.05, 4.69) is 4.98 Å². The van der Waals surface area contributed by atoms with Crippen molar-refractivity contribution >= 4 is 16.9 Å². The molecule has 0 radical (unpaired) electrons. The fourth-order valence-corrected chi connectivity index (χ4v) is 2.23. The number of hydrogen-bond donors (Lipinski definition) is 1. The fourth-order valence-electron chi connectivity index (χ4n) is 2.23. The standard InChI is InChI=1S/C15H12N2O2/c18-15(19)14-9-12-3-1-2-4-13(12)17(14)10-11-5-7-16-8-6-11/h1-9H,10H2,(H,18,19). The molecule has 1 N–H and O–H groups in total. The maximum atomic E-state index is 11.3. The summed E-state index contributed by atoms with van der Waals surface area (Å²) < 4.78 is 1.81. The number of benzene rings is 1. The lowest BCUT2D eigenvalue weighted by molar-refractivity contribution is 0.0686. The molecular formula is C15H12N2O2. The van der Waals surface area contributed by atoms with Crippen molar-refractivity contribution in [2.24, 2.45) is 0 Å². The van der Waals surface area contributed by atoms with E-state index in [0.717, 1.165) is 16.5 Å². The van der Waals surface area contributed by atoms with Crippen LogP contribution < -0.4 is 0 Å². The Labute approximate surface area is 109 Å². The number of carboxylic acid groups (broad SMARTS) is 1. The second-order valence-electron chi connectivity index (χ2n) is 4.34. The number of nitrogens with zero attached hydrogens (tertiary/aromatic N) is 2. The molecule has 4 heteroatoms. The van der Waals surface area contributed by atoms with E-state index < -0.39 is 5.97 Å². The van der Waals surface area contributed by atoms with E-state index in [1.54, 1.807) is 18.5 Å². The second-order valence-corrected chi connectivity index (χ2v) is 4.34. The zero-order valence-electron chi connectivity index (χ0n) is 10.2. The summed E-state index contributed by atoms with van der Waals surface area (Å²) in [5.41, 5.74) is 2.26. The molecule has 3 rings (SSSR count). The Morgan fingerprint density at radius 1 is 1.16 bits per heavy atom. The lowest BCUT2D eigenvalue weighted by atomic mass is 10.2. The molecule has 0 spiro atoms. The first-order valence-corrected chi connectivity index (χ1v) is 5.96. The smallest absolute Gasteiger partial charge is 0.352 e. The van der Waals surface area contributed by atoms with Crippen LogP contribution in [0.15, 0.2) is 54.9 Å². The average Bonchev–Trinajstić information content (AvgIpc) is 2.79. The molecule has 0 aliphatic carbocycles. The quantitative estimate of drug-likeness (QED) is 0.779. The predicted octanol–water partition coefficient (Wildman–Crippen LogP) is 2.78. The molecular weight excluding hydrogens is 240 g/mol. The van der Waals surface area contributed by atoms with Crippen molar-refractivity contribution in [3.8, 4) is 0 Å². The molecule has 1 aromatic carbocycles. The molecule has 0 atom stereocenters. The number of rotatable bonds is 3. The molecule has 0 unspecified atom stereocenters. The molecule has 19 heavy (non-hydrogen) atoms. The van der Waals surface area contributed by atoms with Crippen molar-refractivity contribution in [3.05, 3.63) is 66.1 Å². The minimum Gasteiger partial charge on any atom is -0.477 e. The summed E-state index contributed by atoms with van der Waals surface area (Å²) in [7, 11) is 0. The van der Waals surface area contributed by atoms with Gasteiger partial charge in [-0.3, -0.25) is 4.98 Å². The van der Waals surface area contributed by atoms with Crippen molar-refractivity contribution in [2.45, 2.75) is 6.54 Å². The monoisotopic (exact) mass is 252 g/mol. The van der Waals surface area contributed by atoms with Gasteiger partial charge in [0.15, 0.2) is 0 Å². The van der Waals surface area contributed by atoms with Crippen LogP contribution in [0.25, 0.3) is 10.9 Å². The average molecular weight is 252 g/mol. The Kier molecular flexibility index (Phi) is 2.76. The zero-order valence-corrected chi connectivity index (χ0v) is 10.2. The second kappa shape index (κ2) is 4.57. The molecule has 0 saturated carbocycles. The van der Waals surface area contributed by atoms with Crippen molar-refractivity contribution < 1.29 is 9.90 Å². The third-order valence-electron chi connectivity index (χ3n) is 3.12. The third-order valence-corrected chi connectivity index (χ3v) is 3.12. The summed E-state index contributed by atoms with van der Waals surface area (Å²) in [5.74, 6) is -0.912. The highest BCUT2D eigenvalue weighted by Crippen LogP contribution is 2.21. The fraction of sp³-hybridized carbons (Fsp3) is 0.0667. The van der Waals surface area contributed by atoms with Crippen molar-refractivity contribution in [2.75, 3.05) is 0 Å². The number of fused-ring (bicyclic) bond motifs is 1.